The number of likely N-dealkylation sites (N-methyl/N-ethyl adjacent to an activating group) is 1. The van der Waals surface area contributed by atoms with Crippen molar-refractivity contribution in [2.24, 2.45) is 7.05 Å². The van der Waals surface area contributed by atoms with Gasteiger partial charge >= 0.3 is 0 Å². The van der Waals surface area contributed by atoms with Crippen LogP contribution >= 0.6 is 0 Å². The number of rotatable bonds is 5. The minimum absolute atomic E-state index is 0.564. The highest BCUT2D eigenvalue weighted by Gasteiger charge is 2.04. The predicted octanol–water partition coefficient (Wildman–Crippen LogP) is -0.0378. The first-order valence-corrected chi connectivity index (χ1v) is 4.77. The number of nitrogens with zero attached hydrogens (tertiary/aromatic N) is 5. The fourth-order valence-corrected chi connectivity index (χ4v) is 0.981. The van der Waals surface area contributed by atoms with Crippen molar-refractivity contribution >= 4 is 5.95 Å². The third kappa shape index (κ3) is 2.95. The maximum Gasteiger partial charge on any atom is 0.242 e. The topological polar surface area (TPSA) is 58.9 Å². The predicted molar refractivity (Wildman–Crippen MR) is 55.1 cm³/mol. The molecule has 0 amide bonds. The average molecular weight is 198 g/mol. The zero-order chi connectivity index (χ0) is 10.6. The maximum atomic E-state index is 3.83. The van der Waals surface area contributed by atoms with Gasteiger partial charge in [0.25, 0.3) is 0 Å². The van der Waals surface area contributed by atoms with Crippen molar-refractivity contribution in [1.29, 1.82) is 0 Å². The van der Waals surface area contributed by atoms with Crippen LogP contribution in [0.3, 0.4) is 0 Å². The van der Waals surface area contributed by atoms with Crippen molar-refractivity contribution in [3.63, 3.8) is 0 Å². The Bertz CT molecular complexity index is 269. The van der Waals surface area contributed by atoms with E-state index >= 15 is 0 Å². The normalized spacial score (nSPS) is 11.3. The third-order valence-electron chi connectivity index (χ3n) is 2.25. The standard InChI is InChI=1S/C8H18N6/c1-7(2)13(3)6-5-9-8-10-11-12-14(8)4/h7H,5-6H2,1-4H3,(H,9,10,12). The van der Waals surface area contributed by atoms with Crippen LogP contribution in [0.4, 0.5) is 5.95 Å². The van der Waals surface area contributed by atoms with Gasteiger partial charge < -0.3 is 10.2 Å². The van der Waals surface area contributed by atoms with Crippen LogP contribution in [0.5, 0.6) is 0 Å². The fourth-order valence-electron chi connectivity index (χ4n) is 0.981. The Kier molecular flexibility index (Phi) is 3.82. The maximum absolute atomic E-state index is 3.83. The molecule has 6 nitrogen and oxygen atoms in total. The molecule has 0 aliphatic heterocycles. The number of tetrazole rings is 1. The highest BCUT2D eigenvalue weighted by atomic mass is 15.6. The van der Waals surface area contributed by atoms with Gasteiger partial charge in [-0.2, -0.15) is 0 Å². The molecule has 1 heterocycles. The van der Waals surface area contributed by atoms with Crippen molar-refractivity contribution in [2.45, 2.75) is 19.9 Å². The largest absolute Gasteiger partial charge is 0.352 e. The first-order chi connectivity index (χ1) is 6.61. The summed E-state index contributed by atoms with van der Waals surface area (Å²) in [6.07, 6.45) is 0. The second kappa shape index (κ2) is 4.90. The number of aromatic nitrogens is 4. The highest BCUT2D eigenvalue weighted by Crippen LogP contribution is 1.96. The van der Waals surface area contributed by atoms with E-state index in [1.807, 2.05) is 7.05 Å². The van der Waals surface area contributed by atoms with E-state index in [0.29, 0.717) is 12.0 Å². The van der Waals surface area contributed by atoms with E-state index in [0.717, 1.165) is 13.1 Å². The lowest BCUT2D eigenvalue weighted by Gasteiger charge is -2.20. The lowest BCUT2D eigenvalue weighted by atomic mass is 10.3. The van der Waals surface area contributed by atoms with E-state index in [1.54, 1.807) is 4.68 Å². The second-order valence-corrected chi connectivity index (χ2v) is 3.63. The van der Waals surface area contributed by atoms with Crippen molar-refractivity contribution in [3.8, 4) is 0 Å². The third-order valence-corrected chi connectivity index (χ3v) is 2.25. The minimum Gasteiger partial charge on any atom is -0.352 e. The molecule has 1 N–H and O–H groups in total. The minimum atomic E-state index is 0.564. The molecule has 0 saturated heterocycles. The van der Waals surface area contributed by atoms with Gasteiger partial charge in [-0.3, -0.25) is 0 Å². The van der Waals surface area contributed by atoms with Crippen molar-refractivity contribution in [1.82, 2.24) is 25.1 Å². The smallest absolute Gasteiger partial charge is 0.242 e. The molecule has 0 radical (unpaired) electrons. The van der Waals surface area contributed by atoms with Gasteiger partial charge in [0.05, 0.1) is 0 Å². The zero-order valence-electron chi connectivity index (χ0n) is 9.23. The summed E-state index contributed by atoms with van der Waals surface area (Å²) in [7, 11) is 3.91. The number of aryl methyl sites for hydroxylation is 1. The van der Waals surface area contributed by atoms with Gasteiger partial charge in [-0.15, -0.1) is 0 Å². The Morgan fingerprint density at radius 2 is 2.21 bits per heavy atom. The van der Waals surface area contributed by atoms with Crippen molar-refractivity contribution in [3.05, 3.63) is 0 Å². The van der Waals surface area contributed by atoms with Crippen molar-refractivity contribution in [2.75, 3.05) is 25.5 Å². The van der Waals surface area contributed by atoms with Gasteiger partial charge in [0.2, 0.25) is 5.95 Å². The molecular formula is C8H18N6. The molecule has 0 bridgehead atoms. The molecular weight excluding hydrogens is 180 g/mol. The number of hydrogen-bond donors (Lipinski definition) is 1. The Balaban J connectivity index is 2.25. The quantitative estimate of drug-likeness (QED) is 0.719. The van der Waals surface area contributed by atoms with E-state index in [-0.39, 0.29) is 0 Å². The second-order valence-electron chi connectivity index (χ2n) is 3.63. The summed E-state index contributed by atoms with van der Waals surface area (Å²) in [6, 6.07) is 0.564. The molecule has 1 aromatic rings. The van der Waals surface area contributed by atoms with Gasteiger partial charge in [0.1, 0.15) is 0 Å². The van der Waals surface area contributed by atoms with Crippen LogP contribution in [-0.4, -0.2) is 51.3 Å². The summed E-state index contributed by atoms with van der Waals surface area (Å²) in [5.41, 5.74) is 0. The summed E-state index contributed by atoms with van der Waals surface area (Å²) >= 11 is 0. The Labute approximate surface area is 84.3 Å². The molecule has 0 aromatic carbocycles. The number of nitrogens with one attached hydrogen (secondary N) is 1. The van der Waals surface area contributed by atoms with Crippen LogP contribution in [-0.2, 0) is 7.05 Å². The summed E-state index contributed by atoms with van der Waals surface area (Å²) in [5.74, 6) is 0.710. The SMILES string of the molecule is CC(C)N(C)CCNc1nnnn1C. The average Bonchev–Trinajstić information content (AvgIpc) is 2.51. The van der Waals surface area contributed by atoms with E-state index in [1.165, 1.54) is 0 Å². The van der Waals surface area contributed by atoms with E-state index < -0.39 is 0 Å². The van der Waals surface area contributed by atoms with E-state index in [4.69, 9.17) is 0 Å². The number of hydrogen-bond acceptors (Lipinski definition) is 5. The summed E-state index contributed by atoms with van der Waals surface area (Å²) in [4.78, 5) is 2.26. The summed E-state index contributed by atoms with van der Waals surface area (Å²) in [5, 5.41) is 14.3. The molecule has 1 aromatic heterocycles. The molecule has 0 aliphatic rings. The number of anilines is 1. The van der Waals surface area contributed by atoms with Crippen LogP contribution in [0.25, 0.3) is 0 Å². The van der Waals surface area contributed by atoms with Gasteiger partial charge in [-0.05, 0) is 31.3 Å². The van der Waals surface area contributed by atoms with E-state index in [2.05, 4.69) is 46.6 Å². The van der Waals surface area contributed by atoms with Gasteiger partial charge in [0, 0.05) is 26.2 Å². The molecule has 6 heteroatoms. The molecule has 0 saturated carbocycles. The highest BCUT2D eigenvalue weighted by molar-refractivity contribution is 5.20. The van der Waals surface area contributed by atoms with Crippen LogP contribution in [0.2, 0.25) is 0 Å². The molecule has 0 unspecified atom stereocenters. The van der Waals surface area contributed by atoms with Crippen LogP contribution in [0.1, 0.15) is 13.8 Å². The molecule has 14 heavy (non-hydrogen) atoms. The Morgan fingerprint density at radius 1 is 1.50 bits per heavy atom. The van der Waals surface area contributed by atoms with Gasteiger partial charge in [-0.1, -0.05) is 5.10 Å². The fraction of sp³-hybridized carbons (Fsp3) is 0.875. The Hall–Kier alpha value is -1.17. The molecule has 80 valence electrons. The van der Waals surface area contributed by atoms with Crippen molar-refractivity contribution < 1.29 is 0 Å². The Morgan fingerprint density at radius 3 is 2.71 bits per heavy atom. The molecule has 0 aliphatic carbocycles. The first kappa shape index (κ1) is 10.9. The zero-order valence-corrected chi connectivity index (χ0v) is 9.23. The molecule has 0 fully saturated rings. The lowest BCUT2D eigenvalue weighted by Crippen LogP contribution is -2.31. The lowest BCUT2D eigenvalue weighted by molar-refractivity contribution is 0.284. The molecule has 1 rings (SSSR count). The molecule has 0 spiro atoms. The van der Waals surface area contributed by atoms with Gasteiger partial charge in [0.15, 0.2) is 0 Å². The monoisotopic (exact) mass is 198 g/mol. The summed E-state index contributed by atoms with van der Waals surface area (Å²) < 4.78 is 1.62. The molecule has 0 atom stereocenters. The van der Waals surface area contributed by atoms with E-state index in [9.17, 15) is 0 Å². The summed E-state index contributed by atoms with van der Waals surface area (Å²) in [6.45, 7) is 6.17. The van der Waals surface area contributed by atoms with Gasteiger partial charge in [-0.25, -0.2) is 4.68 Å². The van der Waals surface area contributed by atoms with Crippen LogP contribution < -0.4 is 5.32 Å². The van der Waals surface area contributed by atoms with Crippen LogP contribution in [0.15, 0.2) is 0 Å². The van der Waals surface area contributed by atoms with Crippen LogP contribution in [0, 0.1) is 0 Å². The first-order valence-electron chi connectivity index (χ1n) is 4.77.